The molecular formula is C16H18BrNO5. The zero-order chi connectivity index (χ0) is 17.1. The number of Topliss-reactive ketones (excluding diaryl/α,β-unsaturated/α-hetero) is 1. The van der Waals surface area contributed by atoms with Gasteiger partial charge >= 0.3 is 0 Å². The molecule has 124 valence electrons. The molecular weight excluding hydrogens is 366 g/mol. The van der Waals surface area contributed by atoms with Crippen LogP contribution >= 0.6 is 15.9 Å². The van der Waals surface area contributed by atoms with Gasteiger partial charge in [-0.3, -0.25) is 9.59 Å². The molecule has 0 unspecified atom stereocenters. The van der Waals surface area contributed by atoms with E-state index in [1.807, 2.05) is 0 Å². The molecule has 0 bridgehead atoms. The molecule has 0 radical (unpaired) electrons. The lowest BCUT2D eigenvalue weighted by molar-refractivity contribution is -0.129. The van der Waals surface area contributed by atoms with E-state index in [1.54, 1.807) is 18.2 Å². The van der Waals surface area contributed by atoms with Crippen LogP contribution in [-0.4, -0.2) is 47.8 Å². The highest BCUT2D eigenvalue weighted by Gasteiger charge is 2.43. The lowest BCUT2D eigenvalue weighted by atomic mass is 9.96. The molecule has 1 aliphatic heterocycles. The van der Waals surface area contributed by atoms with Crippen molar-refractivity contribution in [2.75, 3.05) is 26.1 Å². The summed E-state index contributed by atoms with van der Waals surface area (Å²) in [7, 11) is 3.04. The lowest BCUT2D eigenvalue weighted by Crippen LogP contribution is -2.32. The highest BCUT2D eigenvalue weighted by Crippen LogP contribution is 2.42. The molecule has 2 rings (SSSR count). The van der Waals surface area contributed by atoms with Gasteiger partial charge in [0.2, 0.25) is 0 Å². The van der Waals surface area contributed by atoms with E-state index < -0.39 is 17.7 Å². The Kier molecular flexibility index (Phi) is 5.30. The summed E-state index contributed by atoms with van der Waals surface area (Å²) in [5, 5.41) is 10.6. The van der Waals surface area contributed by atoms with Gasteiger partial charge in [-0.1, -0.05) is 15.9 Å². The molecule has 6 nitrogen and oxygen atoms in total. The molecule has 0 saturated heterocycles. The number of halogens is 1. The van der Waals surface area contributed by atoms with Gasteiger partial charge in [0.15, 0.2) is 11.5 Å². The average Bonchev–Trinajstić information content (AvgIpc) is 2.79. The Balaban J connectivity index is 2.61. The summed E-state index contributed by atoms with van der Waals surface area (Å²) < 4.78 is 10.5. The molecule has 1 aliphatic rings. The van der Waals surface area contributed by atoms with Crippen molar-refractivity contribution in [3.63, 3.8) is 0 Å². The maximum absolute atomic E-state index is 12.3. The van der Waals surface area contributed by atoms with Crippen molar-refractivity contribution in [2.24, 2.45) is 0 Å². The number of hydrogen-bond donors (Lipinski definition) is 1. The molecule has 1 N–H and O–H groups in total. The van der Waals surface area contributed by atoms with Crippen LogP contribution in [0.3, 0.4) is 0 Å². The molecule has 1 aromatic carbocycles. The zero-order valence-corrected chi connectivity index (χ0v) is 14.7. The first-order valence-corrected chi connectivity index (χ1v) is 8.11. The fourth-order valence-electron chi connectivity index (χ4n) is 2.70. The summed E-state index contributed by atoms with van der Waals surface area (Å²) in [6, 6.07) is 4.46. The van der Waals surface area contributed by atoms with Crippen LogP contribution in [0.15, 0.2) is 29.5 Å². The van der Waals surface area contributed by atoms with Crippen molar-refractivity contribution in [2.45, 2.75) is 13.0 Å². The van der Waals surface area contributed by atoms with E-state index in [0.29, 0.717) is 28.9 Å². The highest BCUT2D eigenvalue weighted by atomic mass is 79.9. The minimum Gasteiger partial charge on any atom is -0.503 e. The van der Waals surface area contributed by atoms with E-state index in [4.69, 9.17) is 9.47 Å². The first-order valence-electron chi connectivity index (χ1n) is 6.99. The summed E-state index contributed by atoms with van der Waals surface area (Å²) in [4.78, 5) is 25.7. The van der Waals surface area contributed by atoms with Crippen molar-refractivity contribution in [1.29, 1.82) is 0 Å². The van der Waals surface area contributed by atoms with E-state index in [1.165, 1.54) is 26.0 Å². The van der Waals surface area contributed by atoms with Crippen LogP contribution < -0.4 is 9.47 Å². The molecule has 0 aliphatic carbocycles. The Morgan fingerprint density at radius 3 is 2.57 bits per heavy atom. The van der Waals surface area contributed by atoms with Gasteiger partial charge in [0.05, 0.1) is 25.8 Å². The predicted octanol–water partition coefficient (Wildman–Crippen LogP) is 2.38. The summed E-state index contributed by atoms with van der Waals surface area (Å²) in [6.45, 7) is 1.68. The predicted molar refractivity (Wildman–Crippen MR) is 88.1 cm³/mol. The minimum atomic E-state index is -0.682. The molecule has 0 saturated carbocycles. The molecule has 1 amide bonds. The van der Waals surface area contributed by atoms with Crippen LogP contribution in [0.2, 0.25) is 0 Å². The van der Waals surface area contributed by atoms with Crippen molar-refractivity contribution in [1.82, 2.24) is 4.90 Å². The molecule has 1 heterocycles. The van der Waals surface area contributed by atoms with E-state index in [-0.39, 0.29) is 11.4 Å². The number of benzene rings is 1. The van der Waals surface area contributed by atoms with E-state index in [0.717, 1.165) is 0 Å². The number of ketones is 1. The Morgan fingerprint density at radius 1 is 1.35 bits per heavy atom. The monoisotopic (exact) mass is 383 g/mol. The molecule has 0 fully saturated rings. The maximum Gasteiger partial charge on any atom is 0.290 e. The normalized spacial score (nSPS) is 17.7. The minimum absolute atomic E-state index is 0.0828. The number of carbonyl (C=O) groups is 2. The molecule has 1 aromatic rings. The number of hydrogen-bond acceptors (Lipinski definition) is 5. The Hall–Kier alpha value is -2.02. The SMILES string of the molecule is COc1ccc([C@H]2C(C(C)=O)=C(O)C(=O)N2CCBr)c(OC)c1. The number of nitrogens with zero attached hydrogens (tertiary/aromatic N) is 1. The van der Waals surface area contributed by atoms with Crippen LogP contribution in [0.5, 0.6) is 11.5 Å². The van der Waals surface area contributed by atoms with Crippen LogP contribution in [0.1, 0.15) is 18.5 Å². The van der Waals surface area contributed by atoms with Crippen LogP contribution in [0.4, 0.5) is 0 Å². The Labute approximate surface area is 142 Å². The molecule has 23 heavy (non-hydrogen) atoms. The second kappa shape index (κ2) is 7.04. The first-order chi connectivity index (χ1) is 11.0. The lowest BCUT2D eigenvalue weighted by Gasteiger charge is -2.27. The number of aliphatic hydroxyl groups is 1. The topological polar surface area (TPSA) is 76.1 Å². The third-order valence-electron chi connectivity index (χ3n) is 3.74. The van der Waals surface area contributed by atoms with Gasteiger partial charge in [0.25, 0.3) is 5.91 Å². The van der Waals surface area contributed by atoms with Crippen molar-refractivity contribution in [3.05, 3.63) is 35.1 Å². The summed E-state index contributed by atoms with van der Waals surface area (Å²) in [5.41, 5.74) is 0.705. The van der Waals surface area contributed by atoms with E-state index in [9.17, 15) is 14.7 Å². The third kappa shape index (κ3) is 3.06. The number of ether oxygens (including phenoxy) is 2. The van der Waals surface area contributed by atoms with E-state index in [2.05, 4.69) is 15.9 Å². The number of rotatable bonds is 6. The number of alkyl halides is 1. The smallest absolute Gasteiger partial charge is 0.290 e. The van der Waals surface area contributed by atoms with Crippen molar-refractivity contribution in [3.8, 4) is 11.5 Å². The number of methoxy groups -OCH3 is 2. The van der Waals surface area contributed by atoms with Gasteiger partial charge < -0.3 is 19.5 Å². The fraction of sp³-hybridized carbons (Fsp3) is 0.375. The van der Waals surface area contributed by atoms with Gasteiger partial charge in [-0.15, -0.1) is 0 Å². The molecule has 0 aromatic heterocycles. The quantitative estimate of drug-likeness (QED) is 0.763. The fourth-order valence-corrected chi connectivity index (χ4v) is 3.08. The van der Waals surface area contributed by atoms with Crippen LogP contribution in [-0.2, 0) is 9.59 Å². The summed E-state index contributed by atoms with van der Waals surface area (Å²) in [6.07, 6.45) is 0. The van der Waals surface area contributed by atoms with Gasteiger partial charge in [0, 0.05) is 23.5 Å². The molecule has 7 heteroatoms. The second-order valence-electron chi connectivity index (χ2n) is 5.02. The van der Waals surface area contributed by atoms with Gasteiger partial charge in [-0.05, 0) is 19.1 Å². The Morgan fingerprint density at radius 2 is 2.04 bits per heavy atom. The number of carbonyl (C=O) groups excluding carboxylic acids is 2. The third-order valence-corrected chi connectivity index (χ3v) is 4.10. The number of aliphatic hydroxyl groups excluding tert-OH is 1. The van der Waals surface area contributed by atoms with Gasteiger partial charge in [0.1, 0.15) is 11.5 Å². The van der Waals surface area contributed by atoms with Gasteiger partial charge in [-0.2, -0.15) is 0 Å². The molecule has 1 atom stereocenters. The summed E-state index contributed by atoms with van der Waals surface area (Å²) >= 11 is 3.29. The molecule has 0 spiro atoms. The first kappa shape index (κ1) is 17.3. The maximum atomic E-state index is 12.3. The standard InChI is InChI=1S/C16H18BrNO5/c1-9(19)13-14(18(7-6-17)16(21)15(13)20)11-5-4-10(22-2)8-12(11)23-3/h4-5,8,14,20H,6-7H2,1-3H3/t14-/m0/s1. The van der Waals surface area contributed by atoms with Crippen LogP contribution in [0, 0.1) is 0 Å². The highest BCUT2D eigenvalue weighted by molar-refractivity contribution is 9.09. The van der Waals surface area contributed by atoms with Crippen molar-refractivity contribution < 1.29 is 24.2 Å². The Bertz CT molecular complexity index is 670. The summed E-state index contributed by atoms with van der Waals surface area (Å²) in [5.74, 6) is -0.329. The van der Waals surface area contributed by atoms with Crippen LogP contribution in [0.25, 0.3) is 0 Å². The van der Waals surface area contributed by atoms with Gasteiger partial charge in [-0.25, -0.2) is 0 Å². The van der Waals surface area contributed by atoms with Crippen molar-refractivity contribution >= 4 is 27.6 Å². The number of amides is 1. The zero-order valence-electron chi connectivity index (χ0n) is 13.1. The second-order valence-corrected chi connectivity index (χ2v) is 5.81. The largest absolute Gasteiger partial charge is 0.503 e. The average molecular weight is 384 g/mol. The van der Waals surface area contributed by atoms with E-state index >= 15 is 0 Å².